The lowest BCUT2D eigenvalue weighted by Gasteiger charge is -2.12. The number of rotatable bonds is 3. The van der Waals surface area contributed by atoms with E-state index in [2.05, 4.69) is 17.3 Å². The van der Waals surface area contributed by atoms with E-state index < -0.39 is 0 Å². The van der Waals surface area contributed by atoms with E-state index in [0.29, 0.717) is 0 Å². The molecule has 0 saturated carbocycles. The van der Waals surface area contributed by atoms with Crippen LogP contribution in [0.15, 0.2) is 22.7 Å². The van der Waals surface area contributed by atoms with Gasteiger partial charge >= 0.3 is 0 Å². The molecule has 16 heavy (non-hydrogen) atoms. The topological polar surface area (TPSA) is 43.0 Å². The van der Waals surface area contributed by atoms with E-state index in [1.54, 1.807) is 0 Å². The van der Waals surface area contributed by atoms with Gasteiger partial charge in [-0.25, -0.2) is 0 Å². The molecule has 0 radical (unpaired) electrons. The normalized spacial score (nSPS) is 12.8. The molecule has 0 aliphatic heterocycles. The van der Waals surface area contributed by atoms with Gasteiger partial charge in [-0.1, -0.05) is 0 Å². The van der Waals surface area contributed by atoms with Crippen LogP contribution in [0.4, 0.5) is 5.69 Å². The van der Waals surface area contributed by atoms with Crippen molar-refractivity contribution in [3.8, 4) is 0 Å². The van der Waals surface area contributed by atoms with Crippen molar-refractivity contribution >= 4 is 5.69 Å². The third-order valence-electron chi connectivity index (χ3n) is 2.80. The van der Waals surface area contributed by atoms with Gasteiger partial charge in [-0.3, -0.25) is 4.68 Å². The van der Waals surface area contributed by atoms with Crippen LogP contribution in [0.5, 0.6) is 0 Å². The SMILES string of the molecule is Cc1ccc(C(C)Nc2cnn(C)c2C)o1. The van der Waals surface area contributed by atoms with Crippen molar-refractivity contribution in [1.29, 1.82) is 0 Å². The van der Waals surface area contributed by atoms with Crippen LogP contribution in [-0.2, 0) is 7.05 Å². The van der Waals surface area contributed by atoms with Crippen LogP contribution in [0, 0.1) is 13.8 Å². The van der Waals surface area contributed by atoms with E-state index >= 15 is 0 Å². The second kappa shape index (κ2) is 4.04. The van der Waals surface area contributed by atoms with E-state index in [4.69, 9.17) is 4.42 Å². The molecule has 0 spiro atoms. The van der Waals surface area contributed by atoms with E-state index in [1.807, 2.05) is 43.9 Å². The number of nitrogens with one attached hydrogen (secondary N) is 1. The molecule has 2 aromatic heterocycles. The first-order chi connectivity index (χ1) is 7.58. The van der Waals surface area contributed by atoms with Gasteiger partial charge in [0.25, 0.3) is 0 Å². The highest BCUT2D eigenvalue weighted by Gasteiger charge is 2.11. The summed E-state index contributed by atoms with van der Waals surface area (Å²) in [5.41, 5.74) is 2.17. The zero-order valence-corrected chi connectivity index (χ0v) is 10.1. The molecule has 0 aromatic carbocycles. The molecular formula is C12H17N3O. The first-order valence-electron chi connectivity index (χ1n) is 5.39. The van der Waals surface area contributed by atoms with Crippen molar-refractivity contribution in [1.82, 2.24) is 9.78 Å². The predicted molar refractivity (Wildman–Crippen MR) is 63.4 cm³/mol. The van der Waals surface area contributed by atoms with Gasteiger partial charge in [0.15, 0.2) is 0 Å². The zero-order chi connectivity index (χ0) is 11.7. The number of nitrogens with zero attached hydrogens (tertiary/aromatic N) is 2. The molecule has 1 N–H and O–H groups in total. The summed E-state index contributed by atoms with van der Waals surface area (Å²) in [4.78, 5) is 0. The van der Waals surface area contributed by atoms with Crippen molar-refractivity contribution in [3.05, 3.63) is 35.5 Å². The number of hydrogen-bond acceptors (Lipinski definition) is 3. The molecular weight excluding hydrogens is 202 g/mol. The van der Waals surface area contributed by atoms with Gasteiger partial charge in [-0.2, -0.15) is 5.10 Å². The standard InChI is InChI=1S/C12H17N3O/c1-8-5-6-12(16-8)9(2)14-11-7-13-15(4)10(11)3/h5-7,9,14H,1-4H3. The van der Waals surface area contributed by atoms with Gasteiger partial charge in [-0.15, -0.1) is 0 Å². The Kier molecular flexibility index (Phi) is 2.73. The largest absolute Gasteiger partial charge is 0.464 e. The first-order valence-corrected chi connectivity index (χ1v) is 5.39. The summed E-state index contributed by atoms with van der Waals surface area (Å²) < 4.78 is 7.42. The number of aryl methyl sites for hydroxylation is 2. The molecule has 4 nitrogen and oxygen atoms in total. The number of furan rings is 1. The fourth-order valence-corrected chi connectivity index (χ4v) is 1.63. The summed E-state index contributed by atoms with van der Waals surface area (Å²) in [5.74, 6) is 1.88. The maximum Gasteiger partial charge on any atom is 0.126 e. The maximum atomic E-state index is 5.57. The van der Waals surface area contributed by atoms with Crippen LogP contribution >= 0.6 is 0 Å². The number of anilines is 1. The summed E-state index contributed by atoms with van der Waals surface area (Å²) in [7, 11) is 1.93. The Hall–Kier alpha value is -1.71. The number of hydrogen-bond donors (Lipinski definition) is 1. The Morgan fingerprint density at radius 1 is 1.38 bits per heavy atom. The van der Waals surface area contributed by atoms with Gasteiger partial charge < -0.3 is 9.73 Å². The van der Waals surface area contributed by atoms with Crippen molar-refractivity contribution in [2.24, 2.45) is 7.05 Å². The summed E-state index contributed by atoms with van der Waals surface area (Å²) >= 11 is 0. The van der Waals surface area contributed by atoms with E-state index in [0.717, 1.165) is 22.9 Å². The molecule has 0 saturated heterocycles. The average Bonchev–Trinajstić information content (AvgIpc) is 2.79. The van der Waals surface area contributed by atoms with Gasteiger partial charge in [0.1, 0.15) is 11.5 Å². The lowest BCUT2D eigenvalue weighted by Crippen LogP contribution is -2.06. The molecule has 0 aliphatic carbocycles. The predicted octanol–water partition coefficient (Wildman–Crippen LogP) is 2.80. The van der Waals surface area contributed by atoms with Gasteiger partial charge in [-0.05, 0) is 32.9 Å². The van der Waals surface area contributed by atoms with E-state index in [1.165, 1.54) is 0 Å². The van der Waals surface area contributed by atoms with Crippen molar-refractivity contribution in [2.45, 2.75) is 26.8 Å². The number of aromatic nitrogens is 2. The highest BCUT2D eigenvalue weighted by atomic mass is 16.3. The van der Waals surface area contributed by atoms with Crippen LogP contribution in [-0.4, -0.2) is 9.78 Å². The molecule has 1 atom stereocenters. The molecule has 2 rings (SSSR count). The molecule has 86 valence electrons. The molecule has 0 fully saturated rings. The fraction of sp³-hybridized carbons (Fsp3) is 0.417. The van der Waals surface area contributed by atoms with Crippen molar-refractivity contribution in [2.75, 3.05) is 5.32 Å². The highest BCUT2D eigenvalue weighted by molar-refractivity contribution is 5.47. The molecule has 0 amide bonds. The van der Waals surface area contributed by atoms with Crippen molar-refractivity contribution in [3.63, 3.8) is 0 Å². The van der Waals surface area contributed by atoms with Gasteiger partial charge in [0.2, 0.25) is 0 Å². The maximum absolute atomic E-state index is 5.57. The van der Waals surface area contributed by atoms with Crippen LogP contribution in [0.2, 0.25) is 0 Å². The van der Waals surface area contributed by atoms with Crippen LogP contribution < -0.4 is 5.32 Å². The lowest BCUT2D eigenvalue weighted by molar-refractivity contribution is 0.467. The molecule has 4 heteroatoms. The van der Waals surface area contributed by atoms with Crippen LogP contribution in [0.3, 0.4) is 0 Å². The highest BCUT2D eigenvalue weighted by Crippen LogP contribution is 2.22. The van der Waals surface area contributed by atoms with E-state index in [-0.39, 0.29) is 6.04 Å². The Labute approximate surface area is 95.3 Å². The summed E-state index contributed by atoms with van der Waals surface area (Å²) in [6.07, 6.45) is 1.83. The Bertz CT molecular complexity index is 484. The van der Waals surface area contributed by atoms with Crippen molar-refractivity contribution < 1.29 is 4.42 Å². The quantitative estimate of drug-likeness (QED) is 0.863. The third-order valence-corrected chi connectivity index (χ3v) is 2.80. The Balaban J connectivity index is 2.13. The molecule has 0 bridgehead atoms. The molecule has 2 aromatic rings. The zero-order valence-electron chi connectivity index (χ0n) is 10.1. The smallest absolute Gasteiger partial charge is 0.126 e. The summed E-state index contributed by atoms with van der Waals surface area (Å²) in [6.45, 7) is 6.06. The second-order valence-electron chi connectivity index (χ2n) is 4.08. The second-order valence-corrected chi connectivity index (χ2v) is 4.08. The minimum Gasteiger partial charge on any atom is -0.464 e. The van der Waals surface area contributed by atoms with Gasteiger partial charge in [0, 0.05) is 7.05 Å². The molecule has 0 aliphatic rings. The van der Waals surface area contributed by atoms with Crippen LogP contribution in [0.1, 0.15) is 30.2 Å². The Morgan fingerprint density at radius 3 is 2.62 bits per heavy atom. The minimum absolute atomic E-state index is 0.150. The van der Waals surface area contributed by atoms with Crippen LogP contribution in [0.25, 0.3) is 0 Å². The summed E-state index contributed by atoms with van der Waals surface area (Å²) in [6, 6.07) is 4.12. The molecule has 2 heterocycles. The summed E-state index contributed by atoms with van der Waals surface area (Å²) in [5, 5.41) is 7.58. The fourth-order valence-electron chi connectivity index (χ4n) is 1.63. The van der Waals surface area contributed by atoms with E-state index in [9.17, 15) is 0 Å². The first kappa shape index (κ1) is 10.8. The van der Waals surface area contributed by atoms with Gasteiger partial charge in [0.05, 0.1) is 23.6 Å². The average molecular weight is 219 g/mol. The minimum atomic E-state index is 0.150. The molecule has 1 unspecified atom stereocenters. The monoisotopic (exact) mass is 219 g/mol. The lowest BCUT2D eigenvalue weighted by atomic mass is 10.2. The Morgan fingerprint density at radius 2 is 2.12 bits per heavy atom. The third kappa shape index (κ3) is 1.96.